The van der Waals surface area contributed by atoms with Gasteiger partial charge in [0.15, 0.2) is 0 Å². The van der Waals surface area contributed by atoms with E-state index in [9.17, 15) is 34.8 Å². The number of carbonyl (C=O) groups is 3. The van der Waals surface area contributed by atoms with Crippen molar-refractivity contribution in [3.63, 3.8) is 0 Å². The lowest BCUT2D eigenvalue weighted by Crippen LogP contribution is -2.53. The Balaban J connectivity index is 4.78. The zero-order valence-electron chi connectivity index (χ0n) is 27.7. The smallest absolute Gasteiger partial charge is 0.308 e. The molecular weight excluding hydrogens is 566 g/mol. The van der Waals surface area contributed by atoms with Crippen LogP contribution in [0.3, 0.4) is 0 Å². The molecule has 0 rings (SSSR count). The van der Waals surface area contributed by atoms with Crippen LogP contribution in [0.5, 0.6) is 0 Å². The van der Waals surface area contributed by atoms with Crippen LogP contribution in [0.2, 0.25) is 0 Å². The van der Waals surface area contributed by atoms with Crippen LogP contribution in [0.4, 0.5) is 0 Å². The fourth-order valence-corrected chi connectivity index (χ4v) is 5.30. The molecule has 1 amide bonds. The second kappa shape index (κ2) is 28.9. The van der Waals surface area contributed by atoms with Crippen LogP contribution in [0.15, 0.2) is 0 Å². The number of hydrogen-bond acceptors (Lipinski definition) is 9. The van der Waals surface area contributed by atoms with E-state index in [2.05, 4.69) is 19.2 Å². The van der Waals surface area contributed by atoms with Crippen molar-refractivity contribution in [2.45, 2.75) is 192 Å². The minimum absolute atomic E-state index is 0.159. The van der Waals surface area contributed by atoms with Crippen LogP contribution in [0.1, 0.15) is 155 Å². The maximum absolute atomic E-state index is 12.7. The van der Waals surface area contributed by atoms with Gasteiger partial charge in [-0.3, -0.25) is 9.59 Å². The highest BCUT2D eigenvalue weighted by atomic mass is 16.5. The molecule has 0 aliphatic rings. The maximum Gasteiger partial charge on any atom is 0.308 e. The molecule has 10 nitrogen and oxygen atoms in total. The first-order chi connectivity index (χ1) is 21.2. The van der Waals surface area contributed by atoms with E-state index in [1.807, 2.05) is 0 Å². The summed E-state index contributed by atoms with van der Waals surface area (Å²) < 4.78 is 5.60. The average molecular weight is 632 g/mol. The van der Waals surface area contributed by atoms with E-state index < -0.39 is 55.0 Å². The highest BCUT2D eigenvalue weighted by molar-refractivity contribution is 5.80. The molecular formula is C34H65NO9. The fraction of sp³-hybridized carbons (Fsp3) is 0.912. The molecule has 44 heavy (non-hydrogen) atoms. The van der Waals surface area contributed by atoms with Gasteiger partial charge in [0, 0.05) is 0 Å². The predicted octanol–water partition coefficient (Wildman–Crippen LogP) is 4.64. The van der Waals surface area contributed by atoms with Crippen LogP contribution in [-0.4, -0.2) is 86.9 Å². The highest BCUT2D eigenvalue weighted by Crippen LogP contribution is 2.17. The van der Waals surface area contributed by atoms with E-state index in [0.717, 1.165) is 44.9 Å². The molecule has 0 unspecified atom stereocenters. The summed E-state index contributed by atoms with van der Waals surface area (Å²) in [6.07, 6.45) is 14.2. The molecule has 0 fully saturated rings. The van der Waals surface area contributed by atoms with Gasteiger partial charge in [0.1, 0.15) is 36.7 Å². The molecule has 0 aliphatic carbocycles. The molecule has 0 heterocycles. The van der Waals surface area contributed by atoms with Gasteiger partial charge in [-0.1, -0.05) is 123 Å². The van der Waals surface area contributed by atoms with Crippen LogP contribution in [0.25, 0.3) is 0 Å². The number of aliphatic hydroxyl groups is 5. The number of aldehydes is 1. The first kappa shape index (κ1) is 42.4. The normalized spacial score (nSPS) is 15.6. The third-order valence-corrected chi connectivity index (χ3v) is 8.16. The van der Waals surface area contributed by atoms with Gasteiger partial charge in [-0.15, -0.1) is 0 Å². The zero-order valence-corrected chi connectivity index (χ0v) is 27.7. The molecule has 0 saturated heterocycles. The number of ether oxygens (including phenoxy) is 1. The minimum Gasteiger partial charge on any atom is -0.462 e. The number of nitrogens with one attached hydrogen (secondary N) is 1. The second-order valence-corrected chi connectivity index (χ2v) is 12.4. The molecule has 260 valence electrons. The van der Waals surface area contributed by atoms with E-state index in [4.69, 9.17) is 9.84 Å². The topological polar surface area (TPSA) is 174 Å². The molecule has 0 aromatic carbocycles. The Morgan fingerprint density at radius 2 is 1.11 bits per heavy atom. The lowest BCUT2D eigenvalue weighted by atomic mass is 10.0. The quantitative estimate of drug-likeness (QED) is 0.0362. The SMILES string of the molecule is CCCCCCCCCCC[C@@H](O)CC(=O)O[C@H](CCCCCCCCCCC)CC(=O)N[C@@H](C=O)[C@@H](O)[C@H](O)[C@H](O)CO. The molecule has 0 aromatic rings. The van der Waals surface area contributed by atoms with Crippen LogP contribution in [-0.2, 0) is 19.1 Å². The van der Waals surface area contributed by atoms with Gasteiger partial charge in [0.05, 0.1) is 25.6 Å². The van der Waals surface area contributed by atoms with Crippen molar-refractivity contribution >= 4 is 18.2 Å². The van der Waals surface area contributed by atoms with Gasteiger partial charge < -0.3 is 40.4 Å². The number of esters is 1. The first-order valence-electron chi connectivity index (χ1n) is 17.5. The summed E-state index contributed by atoms with van der Waals surface area (Å²) in [7, 11) is 0. The monoisotopic (exact) mass is 631 g/mol. The largest absolute Gasteiger partial charge is 0.462 e. The molecule has 0 bridgehead atoms. The van der Waals surface area contributed by atoms with Gasteiger partial charge in [0.2, 0.25) is 5.91 Å². The second-order valence-electron chi connectivity index (χ2n) is 12.4. The number of rotatable bonds is 31. The number of amides is 1. The highest BCUT2D eigenvalue weighted by Gasteiger charge is 2.32. The van der Waals surface area contributed by atoms with Crippen LogP contribution >= 0.6 is 0 Å². The van der Waals surface area contributed by atoms with E-state index in [-0.39, 0.29) is 19.1 Å². The maximum atomic E-state index is 12.7. The summed E-state index contributed by atoms with van der Waals surface area (Å²) in [4.78, 5) is 36.9. The number of carbonyl (C=O) groups excluding carboxylic acids is 3. The van der Waals surface area contributed by atoms with Crippen molar-refractivity contribution in [1.29, 1.82) is 0 Å². The molecule has 6 N–H and O–H groups in total. The average Bonchev–Trinajstić information content (AvgIpc) is 3.00. The first-order valence-corrected chi connectivity index (χ1v) is 17.5. The van der Waals surface area contributed by atoms with Crippen molar-refractivity contribution in [2.24, 2.45) is 0 Å². The van der Waals surface area contributed by atoms with Gasteiger partial charge in [0.25, 0.3) is 0 Å². The molecule has 0 radical (unpaired) electrons. The Bertz CT molecular complexity index is 708. The van der Waals surface area contributed by atoms with E-state index in [0.29, 0.717) is 12.8 Å². The standard InChI is InChI=1S/C34H65NO9/c1-3-5-7-9-11-13-15-17-19-21-27(38)23-32(41)44-28(22-20-18-16-14-12-10-8-6-4-2)24-31(40)35-29(25-36)33(42)34(43)30(39)26-37/h25,27-30,33-34,37-39,42-43H,3-24,26H2,1-2H3,(H,35,40)/t27-,28-,29+,30-,33-,34-/m1/s1. The van der Waals surface area contributed by atoms with Gasteiger partial charge in [-0.25, -0.2) is 0 Å². The Hall–Kier alpha value is -1.59. The number of aliphatic hydroxyl groups excluding tert-OH is 5. The van der Waals surface area contributed by atoms with Crippen molar-refractivity contribution in [3.05, 3.63) is 0 Å². The Morgan fingerprint density at radius 3 is 1.57 bits per heavy atom. The number of unbranched alkanes of at least 4 members (excludes halogenated alkanes) is 16. The van der Waals surface area contributed by atoms with Crippen molar-refractivity contribution in [3.8, 4) is 0 Å². The van der Waals surface area contributed by atoms with E-state index in [1.165, 1.54) is 70.6 Å². The molecule has 10 heteroatoms. The Kier molecular flexibility index (Phi) is 27.8. The van der Waals surface area contributed by atoms with Crippen LogP contribution < -0.4 is 5.32 Å². The van der Waals surface area contributed by atoms with Crippen LogP contribution in [0, 0.1) is 0 Å². The minimum atomic E-state index is -1.85. The van der Waals surface area contributed by atoms with Gasteiger partial charge in [-0.2, -0.15) is 0 Å². The van der Waals surface area contributed by atoms with Crippen molar-refractivity contribution in [1.82, 2.24) is 5.32 Å². The summed E-state index contributed by atoms with van der Waals surface area (Å²) in [6, 6.07) is -1.53. The summed E-state index contributed by atoms with van der Waals surface area (Å²) >= 11 is 0. The van der Waals surface area contributed by atoms with Gasteiger partial charge >= 0.3 is 5.97 Å². The van der Waals surface area contributed by atoms with Gasteiger partial charge in [-0.05, 0) is 19.3 Å². The van der Waals surface area contributed by atoms with E-state index in [1.54, 1.807) is 0 Å². The third kappa shape index (κ3) is 22.8. The summed E-state index contributed by atoms with van der Waals surface area (Å²) in [5, 5.41) is 51.4. The van der Waals surface area contributed by atoms with E-state index >= 15 is 0 Å². The number of hydrogen-bond donors (Lipinski definition) is 6. The predicted molar refractivity (Wildman–Crippen MR) is 172 cm³/mol. The Morgan fingerprint density at radius 1 is 0.659 bits per heavy atom. The van der Waals surface area contributed by atoms with Crippen molar-refractivity contribution in [2.75, 3.05) is 6.61 Å². The summed E-state index contributed by atoms with van der Waals surface area (Å²) in [5.74, 6) is -1.26. The molecule has 0 spiro atoms. The summed E-state index contributed by atoms with van der Waals surface area (Å²) in [5.41, 5.74) is 0. The van der Waals surface area contributed by atoms with Crippen molar-refractivity contribution < 1.29 is 44.7 Å². The molecule has 0 aromatic heterocycles. The lowest BCUT2D eigenvalue weighted by Gasteiger charge is -2.27. The molecule has 0 aliphatic heterocycles. The molecule has 0 saturated carbocycles. The third-order valence-electron chi connectivity index (χ3n) is 8.16. The lowest BCUT2D eigenvalue weighted by molar-refractivity contribution is -0.153. The molecule has 6 atom stereocenters. The Labute approximate surface area is 266 Å². The zero-order chi connectivity index (χ0) is 33.0. The summed E-state index contributed by atoms with van der Waals surface area (Å²) in [6.45, 7) is 3.56. The fourth-order valence-electron chi connectivity index (χ4n) is 5.30.